The first kappa shape index (κ1) is 15.2. The fourth-order valence-electron chi connectivity index (χ4n) is 2.12. The summed E-state index contributed by atoms with van der Waals surface area (Å²) in [5.41, 5.74) is 1.16. The third-order valence-corrected chi connectivity index (χ3v) is 3.42. The van der Waals surface area contributed by atoms with Crippen molar-refractivity contribution in [3.8, 4) is 11.4 Å². The summed E-state index contributed by atoms with van der Waals surface area (Å²) in [4.78, 5) is 22.5. The summed E-state index contributed by atoms with van der Waals surface area (Å²) in [6.07, 6.45) is 0. The molecule has 0 amide bonds. The van der Waals surface area contributed by atoms with Crippen molar-refractivity contribution < 1.29 is 0 Å². The van der Waals surface area contributed by atoms with E-state index in [0.29, 0.717) is 23.0 Å². The minimum atomic E-state index is -0.520. The molecule has 0 aliphatic rings. The molecule has 0 fully saturated rings. The Morgan fingerprint density at radius 1 is 1.09 bits per heavy atom. The molecule has 2 aromatic carbocycles. The number of nitrogens with one attached hydrogen (secondary N) is 1. The minimum Gasteiger partial charge on any atom is -0.290 e. The van der Waals surface area contributed by atoms with Crippen molar-refractivity contribution in [2.75, 3.05) is 5.01 Å². The van der Waals surface area contributed by atoms with Gasteiger partial charge in [0.2, 0.25) is 5.95 Å². The molecule has 1 aromatic heterocycles. The number of hydrazine groups is 1. The lowest BCUT2D eigenvalue weighted by molar-refractivity contribution is 0.791. The summed E-state index contributed by atoms with van der Waals surface area (Å²) in [5.74, 6) is 6.51. The SMILES string of the molecule is NN(Cc1ccccc1)c1nc(-c2cccc(Cl)c2)[nH]c(=O)n1. The molecule has 116 valence electrons. The Labute approximate surface area is 137 Å². The van der Waals surface area contributed by atoms with E-state index in [4.69, 9.17) is 17.4 Å². The van der Waals surface area contributed by atoms with Gasteiger partial charge in [-0.1, -0.05) is 54.1 Å². The van der Waals surface area contributed by atoms with Crippen LogP contribution in [0.5, 0.6) is 0 Å². The molecule has 0 aliphatic heterocycles. The Balaban J connectivity index is 1.93. The van der Waals surface area contributed by atoms with Gasteiger partial charge >= 0.3 is 5.69 Å². The van der Waals surface area contributed by atoms with Gasteiger partial charge in [0.1, 0.15) is 5.82 Å². The summed E-state index contributed by atoms with van der Waals surface area (Å²) in [6.45, 7) is 0.388. The third-order valence-electron chi connectivity index (χ3n) is 3.19. The van der Waals surface area contributed by atoms with E-state index in [1.165, 1.54) is 5.01 Å². The summed E-state index contributed by atoms with van der Waals surface area (Å²) < 4.78 is 0. The quantitative estimate of drug-likeness (QED) is 0.567. The standard InChI is InChI=1S/C16H14ClN5O/c17-13-8-4-7-12(9-13)14-19-15(21-16(23)20-14)22(18)10-11-5-2-1-3-6-11/h1-9H,10,18H2,(H,19,20,21,23). The summed E-state index contributed by atoms with van der Waals surface area (Å²) in [7, 11) is 0. The smallest absolute Gasteiger partial charge is 0.290 e. The van der Waals surface area contributed by atoms with E-state index in [9.17, 15) is 4.79 Å². The Hall–Kier alpha value is -2.70. The van der Waals surface area contributed by atoms with Crippen LogP contribution in [0.4, 0.5) is 5.95 Å². The summed E-state index contributed by atoms with van der Waals surface area (Å²) >= 11 is 5.97. The molecule has 0 bridgehead atoms. The van der Waals surface area contributed by atoms with Crippen molar-refractivity contribution in [3.63, 3.8) is 0 Å². The summed E-state index contributed by atoms with van der Waals surface area (Å²) in [6, 6.07) is 16.7. The van der Waals surface area contributed by atoms with E-state index in [1.54, 1.807) is 24.3 Å². The average molecular weight is 328 g/mol. The predicted molar refractivity (Wildman–Crippen MR) is 89.9 cm³/mol. The lowest BCUT2D eigenvalue weighted by atomic mass is 10.2. The monoisotopic (exact) mass is 327 g/mol. The van der Waals surface area contributed by atoms with E-state index >= 15 is 0 Å². The van der Waals surface area contributed by atoms with E-state index < -0.39 is 5.69 Å². The number of nitrogens with two attached hydrogens (primary N) is 1. The van der Waals surface area contributed by atoms with Crippen LogP contribution in [0.3, 0.4) is 0 Å². The van der Waals surface area contributed by atoms with Crippen LogP contribution in [-0.2, 0) is 6.54 Å². The fraction of sp³-hybridized carbons (Fsp3) is 0.0625. The Bertz CT molecular complexity index is 866. The number of aromatic nitrogens is 3. The van der Waals surface area contributed by atoms with Gasteiger partial charge in [-0.3, -0.25) is 9.99 Å². The number of hydrogen-bond donors (Lipinski definition) is 2. The molecule has 23 heavy (non-hydrogen) atoms. The lowest BCUT2D eigenvalue weighted by Gasteiger charge is -2.16. The fourth-order valence-corrected chi connectivity index (χ4v) is 2.32. The van der Waals surface area contributed by atoms with E-state index in [0.717, 1.165) is 5.56 Å². The zero-order chi connectivity index (χ0) is 16.2. The van der Waals surface area contributed by atoms with Crippen LogP contribution in [0, 0.1) is 0 Å². The van der Waals surface area contributed by atoms with Gasteiger partial charge in [0.15, 0.2) is 0 Å². The molecule has 0 saturated heterocycles. The average Bonchev–Trinajstić information content (AvgIpc) is 2.55. The second kappa shape index (κ2) is 6.60. The van der Waals surface area contributed by atoms with Crippen molar-refractivity contribution in [2.24, 2.45) is 5.84 Å². The van der Waals surface area contributed by atoms with Gasteiger partial charge in [-0.25, -0.2) is 10.6 Å². The Morgan fingerprint density at radius 2 is 1.87 bits per heavy atom. The maximum Gasteiger partial charge on any atom is 0.349 e. The van der Waals surface area contributed by atoms with Gasteiger partial charge in [-0.15, -0.1) is 0 Å². The van der Waals surface area contributed by atoms with Gasteiger partial charge in [-0.2, -0.15) is 9.97 Å². The van der Waals surface area contributed by atoms with E-state index in [-0.39, 0.29) is 5.95 Å². The molecule has 0 unspecified atom stereocenters. The number of hydrogen-bond acceptors (Lipinski definition) is 5. The van der Waals surface area contributed by atoms with Gasteiger partial charge < -0.3 is 0 Å². The van der Waals surface area contributed by atoms with Crippen LogP contribution in [0.15, 0.2) is 59.4 Å². The maximum absolute atomic E-state index is 11.8. The predicted octanol–water partition coefficient (Wildman–Crippen LogP) is 2.37. The highest BCUT2D eigenvalue weighted by atomic mass is 35.5. The molecule has 7 heteroatoms. The zero-order valence-corrected chi connectivity index (χ0v) is 12.9. The first-order valence-electron chi connectivity index (χ1n) is 6.92. The molecule has 6 nitrogen and oxygen atoms in total. The lowest BCUT2D eigenvalue weighted by Crippen LogP contribution is -2.34. The number of aromatic amines is 1. The molecule has 0 atom stereocenters. The molecule has 3 aromatic rings. The van der Waals surface area contributed by atoms with Gasteiger partial charge in [0.05, 0.1) is 6.54 Å². The highest BCUT2D eigenvalue weighted by Gasteiger charge is 2.10. The number of halogens is 1. The second-order valence-electron chi connectivity index (χ2n) is 4.93. The first-order chi connectivity index (χ1) is 11.1. The normalized spacial score (nSPS) is 10.5. The molecule has 3 N–H and O–H groups in total. The number of benzene rings is 2. The van der Waals surface area contributed by atoms with Crippen LogP contribution in [0.25, 0.3) is 11.4 Å². The number of anilines is 1. The zero-order valence-electron chi connectivity index (χ0n) is 12.1. The second-order valence-corrected chi connectivity index (χ2v) is 5.36. The molecule has 0 spiro atoms. The van der Waals surface area contributed by atoms with Crippen LogP contribution < -0.4 is 16.5 Å². The molecule has 0 saturated carbocycles. The van der Waals surface area contributed by atoms with Crippen molar-refractivity contribution in [1.82, 2.24) is 15.0 Å². The molecular formula is C16H14ClN5O. The van der Waals surface area contributed by atoms with Crippen molar-refractivity contribution in [2.45, 2.75) is 6.54 Å². The van der Waals surface area contributed by atoms with Crippen LogP contribution in [-0.4, -0.2) is 15.0 Å². The van der Waals surface area contributed by atoms with Gasteiger partial charge in [0.25, 0.3) is 0 Å². The van der Waals surface area contributed by atoms with Crippen LogP contribution in [0.1, 0.15) is 5.56 Å². The van der Waals surface area contributed by atoms with Gasteiger partial charge in [-0.05, 0) is 17.7 Å². The van der Waals surface area contributed by atoms with Crippen molar-refractivity contribution in [1.29, 1.82) is 0 Å². The molecule has 0 radical (unpaired) electrons. The Morgan fingerprint density at radius 3 is 2.61 bits per heavy atom. The first-order valence-corrected chi connectivity index (χ1v) is 7.30. The number of nitrogens with zero attached hydrogens (tertiary/aromatic N) is 3. The largest absolute Gasteiger partial charge is 0.349 e. The number of H-pyrrole nitrogens is 1. The van der Waals surface area contributed by atoms with E-state index in [1.807, 2.05) is 30.3 Å². The minimum absolute atomic E-state index is 0.146. The topological polar surface area (TPSA) is 87.9 Å². The molecule has 0 aliphatic carbocycles. The van der Waals surface area contributed by atoms with Crippen LogP contribution in [0.2, 0.25) is 5.02 Å². The maximum atomic E-state index is 11.8. The molecule has 3 rings (SSSR count). The third kappa shape index (κ3) is 3.74. The highest BCUT2D eigenvalue weighted by molar-refractivity contribution is 6.30. The van der Waals surface area contributed by atoms with Crippen molar-refractivity contribution >= 4 is 17.5 Å². The number of rotatable bonds is 4. The van der Waals surface area contributed by atoms with E-state index in [2.05, 4.69) is 15.0 Å². The van der Waals surface area contributed by atoms with Gasteiger partial charge in [0, 0.05) is 10.6 Å². The highest BCUT2D eigenvalue weighted by Crippen LogP contribution is 2.19. The summed E-state index contributed by atoms with van der Waals surface area (Å²) in [5, 5.41) is 1.89. The van der Waals surface area contributed by atoms with Crippen LogP contribution >= 0.6 is 11.6 Å². The van der Waals surface area contributed by atoms with Crippen molar-refractivity contribution in [3.05, 3.63) is 75.7 Å². The molecule has 1 heterocycles. The Kier molecular flexibility index (Phi) is 4.36. The molecular weight excluding hydrogens is 314 g/mol.